The molecule has 0 atom stereocenters. The molecular weight excluding hydrogens is 559 g/mol. The fraction of sp³-hybridized carbons (Fsp3) is 0.462. The molecule has 0 aliphatic rings. The molecule has 2 rings (SSSR count). The van der Waals surface area contributed by atoms with E-state index in [1.807, 2.05) is 44.1 Å². The standard InChI is InChI=1S/C26H39N5O5S3/c1-5-18-37-38-24(20(2)31(19-32)16-13-27)12-17-36-26(33)28-14-15-29-39(34,35)25-11-7-8-21-22(25)9-6-10-23(21)30(3)4/h6-11,19,29H,5,12-18,27H2,1-4H3,(H,28,33). The van der Waals surface area contributed by atoms with E-state index in [-0.39, 0.29) is 24.6 Å². The Kier molecular flexibility index (Phi) is 14.0. The molecule has 0 aliphatic carbocycles. The minimum Gasteiger partial charge on any atom is -0.449 e. The maximum Gasteiger partial charge on any atom is 0.407 e. The van der Waals surface area contributed by atoms with Gasteiger partial charge in [-0.1, -0.05) is 52.8 Å². The van der Waals surface area contributed by atoms with Crippen LogP contribution in [0.5, 0.6) is 0 Å². The van der Waals surface area contributed by atoms with E-state index in [2.05, 4.69) is 17.0 Å². The second-order valence-electron chi connectivity index (χ2n) is 8.73. The zero-order chi connectivity index (χ0) is 28.8. The zero-order valence-electron chi connectivity index (χ0n) is 22.9. The maximum atomic E-state index is 13.0. The quantitative estimate of drug-likeness (QED) is 0.142. The smallest absolute Gasteiger partial charge is 0.407 e. The first-order valence-corrected chi connectivity index (χ1v) is 16.5. The van der Waals surface area contributed by atoms with Gasteiger partial charge in [-0.25, -0.2) is 17.9 Å². The normalized spacial score (nSPS) is 12.1. The van der Waals surface area contributed by atoms with Gasteiger partial charge in [0.25, 0.3) is 0 Å². The molecule has 0 saturated carbocycles. The lowest BCUT2D eigenvalue weighted by molar-refractivity contribution is -0.116. The third-order valence-electron chi connectivity index (χ3n) is 5.66. The van der Waals surface area contributed by atoms with Crippen LogP contribution in [0.3, 0.4) is 0 Å². The number of ether oxygens (including phenoxy) is 1. The van der Waals surface area contributed by atoms with E-state index in [1.165, 1.54) is 0 Å². The molecule has 0 radical (unpaired) electrons. The zero-order valence-corrected chi connectivity index (χ0v) is 25.4. The van der Waals surface area contributed by atoms with E-state index in [4.69, 9.17) is 10.5 Å². The second-order valence-corrected chi connectivity index (χ2v) is 13.0. The number of hydrogen-bond acceptors (Lipinski definition) is 9. The highest BCUT2D eigenvalue weighted by Crippen LogP contribution is 2.35. The van der Waals surface area contributed by atoms with Gasteiger partial charge in [0.15, 0.2) is 0 Å². The molecule has 2 aromatic rings. The van der Waals surface area contributed by atoms with Crippen LogP contribution in [-0.2, 0) is 19.6 Å². The molecule has 0 aromatic heterocycles. The van der Waals surface area contributed by atoms with Gasteiger partial charge in [0.1, 0.15) is 0 Å². The number of amides is 2. The molecule has 13 heteroatoms. The number of allylic oxidation sites excluding steroid dienone is 1. The number of anilines is 1. The summed E-state index contributed by atoms with van der Waals surface area (Å²) in [6.45, 7) is 4.87. The summed E-state index contributed by atoms with van der Waals surface area (Å²) < 4.78 is 33.8. The van der Waals surface area contributed by atoms with E-state index >= 15 is 0 Å². The van der Waals surface area contributed by atoms with Crippen LogP contribution in [-0.4, -0.2) is 78.5 Å². The average molecular weight is 598 g/mol. The molecule has 216 valence electrons. The van der Waals surface area contributed by atoms with Crippen LogP contribution >= 0.6 is 21.6 Å². The topological polar surface area (TPSA) is 134 Å². The third-order valence-corrected chi connectivity index (χ3v) is 10.0. The van der Waals surface area contributed by atoms with Crippen molar-refractivity contribution in [3.05, 3.63) is 47.0 Å². The van der Waals surface area contributed by atoms with Gasteiger partial charge in [-0.2, -0.15) is 0 Å². The van der Waals surface area contributed by atoms with Crippen molar-refractivity contribution in [3.8, 4) is 0 Å². The predicted octanol–water partition coefficient (Wildman–Crippen LogP) is 3.74. The fourth-order valence-corrected chi connectivity index (χ4v) is 7.52. The number of rotatable bonds is 17. The van der Waals surface area contributed by atoms with Gasteiger partial charge in [0.2, 0.25) is 16.4 Å². The van der Waals surface area contributed by atoms with Crippen LogP contribution in [0.25, 0.3) is 10.8 Å². The fourth-order valence-electron chi connectivity index (χ4n) is 3.68. The summed E-state index contributed by atoms with van der Waals surface area (Å²) in [7, 11) is 3.25. The van der Waals surface area contributed by atoms with Crippen molar-refractivity contribution >= 4 is 60.6 Å². The molecule has 0 heterocycles. The van der Waals surface area contributed by atoms with Crippen LogP contribution in [0.2, 0.25) is 0 Å². The molecule has 0 spiro atoms. The van der Waals surface area contributed by atoms with Crippen LogP contribution in [0, 0.1) is 0 Å². The van der Waals surface area contributed by atoms with Crippen LogP contribution in [0.1, 0.15) is 26.7 Å². The van der Waals surface area contributed by atoms with Crippen molar-refractivity contribution in [1.29, 1.82) is 0 Å². The molecule has 4 N–H and O–H groups in total. The first kappa shape index (κ1) is 32.8. The summed E-state index contributed by atoms with van der Waals surface area (Å²) in [5.41, 5.74) is 7.31. The predicted molar refractivity (Wildman–Crippen MR) is 162 cm³/mol. The Morgan fingerprint density at radius 3 is 2.51 bits per heavy atom. The van der Waals surface area contributed by atoms with Crippen molar-refractivity contribution in [1.82, 2.24) is 14.9 Å². The van der Waals surface area contributed by atoms with E-state index in [1.54, 1.807) is 44.7 Å². The summed E-state index contributed by atoms with van der Waals surface area (Å²) in [4.78, 5) is 28.2. The molecular formula is C26H39N5O5S3. The van der Waals surface area contributed by atoms with Crippen LogP contribution < -0.4 is 20.7 Å². The van der Waals surface area contributed by atoms with Crippen LogP contribution in [0.4, 0.5) is 10.5 Å². The summed E-state index contributed by atoms with van der Waals surface area (Å²) in [5, 5.41) is 4.03. The highest BCUT2D eigenvalue weighted by Gasteiger charge is 2.18. The number of sulfonamides is 1. The Bertz CT molecular complexity index is 1240. The molecule has 0 fully saturated rings. The Morgan fingerprint density at radius 1 is 1.13 bits per heavy atom. The summed E-state index contributed by atoms with van der Waals surface area (Å²) in [5.74, 6) is 0.951. The molecule has 0 aliphatic heterocycles. The van der Waals surface area contributed by atoms with E-state index in [0.717, 1.165) is 40.3 Å². The van der Waals surface area contributed by atoms with E-state index < -0.39 is 16.1 Å². The van der Waals surface area contributed by atoms with E-state index in [9.17, 15) is 18.0 Å². The summed E-state index contributed by atoms with van der Waals surface area (Å²) in [6.07, 6.45) is 1.57. The number of carbonyl (C=O) groups excluding carboxylic acids is 2. The van der Waals surface area contributed by atoms with Gasteiger partial charge in [-0.05, 0) is 25.5 Å². The molecule has 39 heavy (non-hydrogen) atoms. The van der Waals surface area contributed by atoms with Gasteiger partial charge in [-0.3, -0.25) is 4.79 Å². The van der Waals surface area contributed by atoms with E-state index in [0.29, 0.717) is 24.9 Å². The molecule has 0 bridgehead atoms. The lowest BCUT2D eigenvalue weighted by Crippen LogP contribution is -2.35. The van der Waals surface area contributed by atoms with Crippen molar-refractivity contribution in [2.24, 2.45) is 5.73 Å². The highest BCUT2D eigenvalue weighted by molar-refractivity contribution is 8.78. The largest absolute Gasteiger partial charge is 0.449 e. The van der Waals surface area contributed by atoms with Gasteiger partial charge >= 0.3 is 6.09 Å². The Morgan fingerprint density at radius 2 is 1.85 bits per heavy atom. The monoisotopic (exact) mass is 597 g/mol. The molecule has 0 unspecified atom stereocenters. The van der Waals surface area contributed by atoms with Crippen molar-refractivity contribution in [2.45, 2.75) is 31.6 Å². The number of alkyl carbamates (subject to hydrolysis) is 1. The lowest BCUT2D eigenvalue weighted by Gasteiger charge is -2.21. The number of nitrogens with zero attached hydrogens (tertiary/aromatic N) is 2. The Hall–Kier alpha value is -2.45. The first-order valence-electron chi connectivity index (χ1n) is 12.7. The maximum absolute atomic E-state index is 13.0. The Balaban J connectivity index is 1.90. The number of fused-ring (bicyclic) bond motifs is 1. The number of carbonyl (C=O) groups is 2. The van der Waals surface area contributed by atoms with Crippen molar-refractivity contribution in [2.75, 3.05) is 57.5 Å². The van der Waals surface area contributed by atoms with Gasteiger partial charge < -0.3 is 25.6 Å². The summed E-state index contributed by atoms with van der Waals surface area (Å²) >= 11 is 0. The Labute approximate surface area is 239 Å². The first-order chi connectivity index (χ1) is 18.7. The number of hydrogen-bond donors (Lipinski definition) is 3. The van der Waals surface area contributed by atoms with Crippen molar-refractivity contribution in [3.63, 3.8) is 0 Å². The molecule has 2 aromatic carbocycles. The SMILES string of the molecule is CCCSSC(CCOC(=O)NCCNS(=O)(=O)c1cccc2c(N(C)C)cccc12)=C(C)N(C=O)CCN. The summed E-state index contributed by atoms with van der Waals surface area (Å²) in [6, 6.07) is 10.7. The third kappa shape index (κ3) is 9.91. The second kappa shape index (κ2) is 16.6. The van der Waals surface area contributed by atoms with Gasteiger partial charge in [0.05, 0.1) is 11.5 Å². The van der Waals surface area contributed by atoms with Gasteiger partial charge in [0, 0.05) is 79.5 Å². The van der Waals surface area contributed by atoms with Crippen LogP contribution in [0.15, 0.2) is 51.9 Å². The number of nitrogens with two attached hydrogens (primary N) is 1. The average Bonchev–Trinajstić information content (AvgIpc) is 2.92. The molecule has 10 nitrogen and oxygen atoms in total. The number of nitrogens with one attached hydrogen (secondary N) is 2. The lowest BCUT2D eigenvalue weighted by atomic mass is 10.1. The highest BCUT2D eigenvalue weighted by atomic mass is 33.1. The minimum absolute atomic E-state index is 0.00233. The van der Waals surface area contributed by atoms with Gasteiger partial charge in [-0.15, -0.1) is 0 Å². The molecule has 2 amide bonds. The molecule has 0 saturated heterocycles. The number of benzene rings is 2. The van der Waals surface area contributed by atoms with Crippen molar-refractivity contribution < 1.29 is 22.7 Å². The minimum atomic E-state index is -3.81.